The van der Waals surface area contributed by atoms with Gasteiger partial charge in [-0.05, 0) is 38.8 Å². The molecule has 3 rings (SSSR count). The monoisotopic (exact) mass is 246 g/mol. The van der Waals surface area contributed by atoms with Gasteiger partial charge in [-0.15, -0.1) is 0 Å². The molecule has 5 heteroatoms. The Morgan fingerprint density at radius 2 is 2.11 bits per heavy atom. The van der Waals surface area contributed by atoms with Crippen LogP contribution in [-0.4, -0.2) is 20.8 Å². The van der Waals surface area contributed by atoms with Crippen LogP contribution in [0, 0.1) is 13.8 Å². The summed E-state index contributed by atoms with van der Waals surface area (Å²) < 4.78 is 7.65. The van der Waals surface area contributed by atoms with E-state index < -0.39 is 0 Å². The molecule has 0 spiro atoms. The molecule has 0 atom stereocenters. The Labute approximate surface area is 106 Å². The van der Waals surface area contributed by atoms with Gasteiger partial charge in [0, 0.05) is 6.04 Å². The summed E-state index contributed by atoms with van der Waals surface area (Å²) in [6.07, 6.45) is 2.59. The van der Waals surface area contributed by atoms with Crippen molar-refractivity contribution in [3.63, 3.8) is 0 Å². The molecule has 1 N–H and O–H groups in total. The molecule has 0 aromatic carbocycles. The van der Waals surface area contributed by atoms with Gasteiger partial charge in [-0.2, -0.15) is 5.10 Å². The number of aromatic nitrogens is 3. The van der Waals surface area contributed by atoms with Crippen molar-refractivity contribution in [1.29, 1.82) is 0 Å². The van der Waals surface area contributed by atoms with Gasteiger partial charge in [-0.3, -0.25) is 0 Å². The zero-order valence-electron chi connectivity index (χ0n) is 10.8. The molecule has 1 aliphatic carbocycles. The van der Waals surface area contributed by atoms with Crippen LogP contribution in [0.5, 0.6) is 0 Å². The number of furan rings is 1. The molecular weight excluding hydrogens is 228 g/mol. The zero-order valence-corrected chi connectivity index (χ0v) is 10.8. The number of hydrogen-bond acceptors (Lipinski definition) is 4. The lowest BCUT2D eigenvalue weighted by molar-refractivity contribution is 0.427. The van der Waals surface area contributed by atoms with Gasteiger partial charge in [-0.25, -0.2) is 9.67 Å². The molecule has 0 radical (unpaired) electrons. The SMILES string of the molecule is Cc1nc(C)n(Cc2ccc(CNC3CC3)o2)n1. The van der Waals surface area contributed by atoms with Crippen molar-refractivity contribution >= 4 is 0 Å². The quantitative estimate of drug-likeness (QED) is 0.874. The first kappa shape index (κ1) is 11.5. The Balaban J connectivity index is 1.63. The van der Waals surface area contributed by atoms with Gasteiger partial charge in [0.2, 0.25) is 0 Å². The molecule has 2 aromatic rings. The lowest BCUT2D eigenvalue weighted by Gasteiger charge is -2.01. The summed E-state index contributed by atoms with van der Waals surface area (Å²) in [4.78, 5) is 4.28. The summed E-state index contributed by atoms with van der Waals surface area (Å²) in [6.45, 7) is 5.32. The van der Waals surface area contributed by atoms with E-state index in [0.29, 0.717) is 12.6 Å². The fourth-order valence-corrected chi connectivity index (χ4v) is 1.99. The van der Waals surface area contributed by atoms with Gasteiger partial charge in [0.1, 0.15) is 29.7 Å². The fraction of sp³-hybridized carbons (Fsp3) is 0.538. The maximum absolute atomic E-state index is 5.78. The molecule has 2 aromatic heterocycles. The van der Waals surface area contributed by atoms with E-state index in [-0.39, 0.29) is 0 Å². The summed E-state index contributed by atoms with van der Waals surface area (Å²) in [5.74, 6) is 3.64. The third-order valence-corrected chi connectivity index (χ3v) is 3.13. The molecule has 1 saturated carbocycles. The van der Waals surface area contributed by atoms with Crippen LogP contribution >= 0.6 is 0 Å². The van der Waals surface area contributed by atoms with Crippen LogP contribution in [0.15, 0.2) is 16.5 Å². The van der Waals surface area contributed by atoms with Crippen molar-refractivity contribution in [2.75, 3.05) is 0 Å². The molecule has 0 aliphatic heterocycles. The highest BCUT2D eigenvalue weighted by molar-refractivity contribution is 5.08. The topological polar surface area (TPSA) is 55.9 Å². The highest BCUT2D eigenvalue weighted by Crippen LogP contribution is 2.19. The second kappa shape index (κ2) is 4.57. The van der Waals surface area contributed by atoms with Gasteiger partial charge in [0.05, 0.1) is 6.54 Å². The molecule has 96 valence electrons. The number of nitrogens with one attached hydrogen (secondary N) is 1. The molecule has 0 unspecified atom stereocenters. The molecule has 0 amide bonds. The van der Waals surface area contributed by atoms with Crippen molar-refractivity contribution in [2.45, 2.75) is 45.8 Å². The van der Waals surface area contributed by atoms with Crippen molar-refractivity contribution in [1.82, 2.24) is 20.1 Å². The maximum Gasteiger partial charge on any atom is 0.147 e. The van der Waals surface area contributed by atoms with Crippen molar-refractivity contribution in [2.24, 2.45) is 0 Å². The minimum absolute atomic E-state index is 0.649. The van der Waals surface area contributed by atoms with Crippen LogP contribution < -0.4 is 5.32 Å². The standard InChI is InChI=1S/C13H18N4O/c1-9-15-10(2)17(16-9)8-13-6-5-12(18-13)7-14-11-3-4-11/h5-6,11,14H,3-4,7-8H2,1-2H3. The predicted molar refractivity (Wildman–Crippen MR) is 67.2 cm³/mol. The van der Waals surface area contributed by atoms with Crippen LogP contribution in [-0.2, 0) is 13.1 Å². The number of rotatable bonds is 5. The zero-order chi connectivity index (χ0) is 12.5. The molecule has 2 heterocycles. The second-order valence-corrected chi connectivity index (χ2v) is 4.89. The third-order valence-electron chi connectivity index (χ3n) is 3.13. The van der Waals surface area contributed by atoms with E-state index in [1.54, 1.807) is 0 Å². The van der Waals surface area contributed by atoms with Crippen LogP contribution in [0.25, 0.3) is 0 Å². The molecule has 1 fully saturated rings. The van der Waals surface area contributed by atoms with Crippen molar-refractivity contribution in [3.05, 3.63) is 35.3 Å². The smallest absolute Gasteiger partial charge is 0.147 e. The van der Waals surface area contributed by atoms with Crippen LogP contribution in [0.4, 0.5) is 0 Å². The van der Waals surface area contributed by atoms with E-state index in [0.717, 1.165) is 29.7 Å². The molecule has 0 saturated heterocycles. The lowest BCUT2D eigenvalue weighted by Crippen LogP contribution is -2.14. The predicted octanol–water partition coefficient (Wildman–Crippen LogP) is 1.79. The van der Waals surface area contributed by atoms with Crippen LogP contribution in [0.1, 0.15) is 36.0 Å². The van der Waals surface area contributed by atoms with Crippen LogP contribution in [0.2, 0.25) is 0 Å². The van der Waals surface area contributed by atoms with E-state index in [9.17, 15) is 0 Å². The summed E-state index contributed by atoms with van der Waals surface area (Å²) in [6, 6.07) is 4.75. The third kappa shape index (κ3) is 2.61. The van der Waals surface area contributed by atoms with E-state index in [2.05, 4.69) is 15.4 Å². The van der Waals surface area contributed by atoms with E-state index in [1.807, 2.05) is 30.7 Å². The summed E-state index contributed by atoms with van der Waals surface area (Å²) >= 11 is 0. The Morgan fingerprint density at radius 1 is 1.33 bits per heavy atom. The van der Waals surface area contributed by atoms with Gasteiger partial charge in [0.25, 0.3) is 0 Å². The molecule has 18 heavy (non-hydrogen) atoms. The van der Waals surface area contributed by atoms with Gasteiger partial charge in [-0.1, -0.05) is 0 Å². The molecule has 1 aliphatic rings. The molecule has 5 nitrogen and oxygen atoms in total. The Bertz CT molecular complexity index is 539. The normalized spacial score (nSPS) is 15.2. The van der Waals surface area contributed by atoms with E-state index in [4.69, 9.17) is 4.42 Å². The van der Waals surface area contributed by atoms with Crippen LogP contribution in [0.3, 0.4) is 0 Å². The van der Waals surface area contributed by atoms with Crippen molar-refractivity contribution in [3.8, 4) is 0 Å². The van der Waals surface area contributed by atoms with Gasteiger partial charge < -0.3 is 9.73 Å². The first-order valence-electron chi connectivity index (χ1n) is 6.40. The minimum atomic E-state index is 0.649. The van der Waals surface area contributed by atoms with Gasteiger partial charge in [0.15, 0.2) is 0 Å². The Morgan fingerprint density at radius 3 is 2.78 bits per heavy atom. The highest BCUT2D eigenvalue weighted by Gasteiger charge is 2.20. The van der Waals surface area contributed by atoms with Crippen molar-refractivity contribution < 1.29 is 4.42 Å². The summed E-state index contributed by atoms with van der Waals surface area (Å²) in [7, 11) is 0. The average Bonchev–Trinajstić information content (AvgIpc) is 2.97. The molecule has 0 bridgehead atoms. The first-order chi connectivity index (χ1) is 8.70. The Hall–Kier alpha value is -1.62. The number of aryl methyl sites for hydroxylation is 2. The number of hydrogen-bond donors (Lipinski definition) is 1. The second-order valence-electron chi connectivity index (χ2n) is 4.89. The summed E-state index contributed by atoms with van der Waals surface area (Å²) in [5, 5.41) is 7.77. The highest BCUT2D eigenvalue weighted by atomic mass is 16.3. The average molecular weight is 246 g/mol. The van der Waals surface area contributed by atoms with E-state index in [1.165, 1.54) is 12.8 Å². The summed E-state index contributed by atoms with van der Waals surface area (Å²) in [5.41, 5.74) is 0. The first-order valence-corrected chi connectivity index (χ1v) is 6.40. The minimum Gasteiger partial charge on any atom is -0.463 e. The number of nitrogens with zero attached hydrogens (tertiary/aromatic N) is 3. The molecular formula is C13H18N4O. The lowest BCUT2D eigenvalue weighted by atomic mass is 10.4. The van der Waals surface area contributed by atoms with Gasteiger partial charge >= 0.3 is 0 Å². The maximum atomic E-state index is 5.78. The van der Waals surface area contributed by atoms with E-state index >= 15 is 0 Å². The Kier molecular flexibility index (Phi) is 2.91. The largest absolute Gasteiger partial charge is 0.463 e. The fourth-order valence-electron chi connectivity index (χ4n) is 1.99.